The van der Waals surface area contributed by atoms with Crippen LogP contribution in [0.5, 0.6) is 0 Å². The van der Waals surface area contributed by atoms with Crippen LogP contribution in [-0.4, -0.2) is 36.1 Å². The Morgan fingerprint density at radius 3 is 2.60 bits per heavy atom. The van der Waals surface area contributed by atoms with Crippen LogP contribution in [0.25, 0.3) is 0 Å². The van der Waals surface area contributed by atoms with E-state index in [0.717, 1.165) is 12.0 Å². The second-order valence-electron chi connectivity index (χ2n) is 6.04. The minimum atomic E-state index is 0.268. The van der Waals surface area contributed by atoms with Crippen molar-refractivity contribution < 1.29 is 0 Å². The lowest BCUT2D eigenvalue weighted by Gasteiger charge is -2.25. The van der Waals surface area contributed by atoms with Gasteiger partial charge in [0.25, 0.3) is 0 Å². The molecule has 0 saturated carbocycles. The fourth-order valence-corrected chi connectivity index (χ4v) is 2.14. The molecule has 0 aliphatic carbocycles. The molecule has 2 atom stereocenters. The maximum atomic E-state index is 3.61. The smallest absolute Gasteiger partial charge is 0.00966 e. The van der Waals surface area contributed by atoms with Crippen LogP contribution in [0.4, 0.5) is 0 Å². The van der Waals surface area contributed by atoms with Crippen LogP contribution < -0.4 is 5.32 Å². The topological polar surface area (TPSA) is 15.3 Å². The summed E-state index contributed by atoms with van der Waals surface area (Å²) in [5, 5.41) is 3.61. The van der Waals surface area contributed by atoms with Crippen molar-refractivity contribution >= 4 is 0 Å². The monoisotopic (exact) mass is 212 g/mol. The molecule has 15 heavy (non-hydrogen) atoms. The highest BCUT2D eigenvalue weighted by atomic mass is 15.2. The predicted octanol–water partition coefficient (Wildman–Crippen LogP) is 2.49. The molecule has 1 N–H and O–H groups in total. The summed E-state index contributed by atoms with van der Waals surface area (Å²) >= 11 is 0. The molecule has 2 heteroatoms. The van der Waals surface area contributed by atoms with Crippen molar-refractivity contribution in [1.82, 2.24) is 10.2 Å². The van der Waals surface area contributed by atoms with Gasteiger partial charge in [-0.15, -0.1) is 0 Å². The average molecular weight is 212 g/mol. The van der Waals surface area contributed by atoms with E-state index in [4.69, 9.17) is 0 Å². The Kier molecular flexibility index (Phi) is 4.60. The summed E-state index contributed by atoms with van der Waals surface area (Å²) in [6, 6.07) is 0.768. The van der Waals surface area contributed by atoms with E-state index in [9.17, 15) is 0 Å². The third-order valence-electron chi connectivity index (χ3n) is 3.45. The van der Waals surface area contributed by atoms with Crippen LogP contribution in [0.1, 0.15) is 47.5 Å². The summed E-state index contributed by atoms with van der Waals surface area (Å²) in [5.41, 5.74) is 0.268. The predicted molar refractivity (Wildman–Crippen MR) is 67.2 cm³/mol. The first-order valence-corrected chi connectivity index (χ1v) is 6.41. The van der Waals surface area contributed by atoms with Gasteiger partial charge in [0.05, 0.1) is 0 Å². The highest BCUT2D eigenvalue weighted by Gasteiger charge is 2.25. The Morgan fingerprint density at radius 2 is 2.07 bits per heavy atom. The van der Waals surface area contributed by atoms with E-state index in [1.54, 1.807) is 0 Å². The largest absolute Gasteiger partial charge is 0.312 e. The number of rotatable bonds is 4. The van der Waals surface area contributed by atoms with Gasteiger partial charge in [0.15, 0.2) is 0 Å². The molecule has 0 aromatic carbocycles. The lowest BCUT2D eigenvalue weighted by Crippen LogP contribution is -2.40. The van der Waals surface area contributed by atoms with Crippen LogP contribution in [0.3, 0.4) is 0 Å². The van der Waals surface area contributed by atoms with Crippen LogP contribution in [0, 0.1) is 5.92 Å². The van der Waals surface area contributed by atoms with E-state index >= 15 is 0 Å². The molecule has 0 amide bonds. The zero-order valence-electron chi connectivity index (χ0n) is 11.1. The Labute approximate surface area is 95.4 Å². The van der Waals surface area contributed by atoms with Crippen LogP contribution in [0.2, 0.25) is 0 Å². The quantitative estimate of drug-likeness (QED) is 0.770. The van der Waals surface area contributed by atoms with Gasteiger partial charge in [-0.05, 0) is 59.5 Å². The molecule has 0 radical (unpaired) electrons. The SMILES string of the molecule is CCC(C)N1CCC(CNC(C)(C)C)C1. The molecule has 1 aliphatic rings. The third-order valence-corrected chi connectivity index (χ3v) is 3.45. The highest BCUT2D eigenvalue weighted by molar-refractivity contribution is 4.82. The summed E-state index contributed by atoms with van der Waals surface area (Å²) in [4.78, 5) is 2.63. The maximum absolute atomic E-state index is 3.61. The maximum Gasteiger partial charge on any atom is 0.00966 e. The first kappa shape index (κ1) is 13.0. The van der Waals surface area contributed by atoms with E-state index in [1.807, 2.05) is 0 Å². The fourth-order valence-electron chi connectivity index (χ4n) is 2.14. The second-order valence-corrected chi connectivity index (χ2v) is 6.04. The van der Waals surface area contributed by atoms with Crippen LogP contribution >= 0.6 is 0 Å². The Morgan fingerprint density at radius 1 is 1.40 bits per heavy atom. The summed E-state index contributed by atoms with van der Waals surface area (Å²) < 4.78 is 0. The molecule has 1 aliphatic heterocycles. The molecule has 2 nitrogen and oxygen atoms in total. The molecular weight excluding hydrogens is 184 g/mol. The Balaban J connectivity index is 2.25. The average Bonchev–Trinajstić information content (AvgIpc) is 2.61. The van der Waals surface area contributed by atoms with Gasteiger partial charge in [0.1, 0.15) is 0 Å². The number of hydrogen-bond donors (Lipinski definition) is 1. The van der Waals surface area contributed by atoms with Gasteiger partial charge in [-0.3, -0.25) is 0 Å². The van der Waals surface area contributed by atoms with E-state index in [-0.39, 0.29) is 5.54 Å². The minimum Gasteiger partial charge on any atom is -0.312 e. The highest BCUT2D eigenvalue weighted by Crippen LogP contribution is 2.19. The molecule has 0 aromatic heterocycles. The van der Waals surface area contributed by atoms with Crippen LogP contribution in [-0.2, 0) is 0 Å². The van der Waals surface area contributed by atoms with Gasteiger partial charge in [-0.25, -0.2) is 0 Å². The molecule has 1 rings (SSSR count). The molecule has 0 bridgehead atoms. The molecule has 1 saturated heterocycles. The van der Waals surface area contributed by atoms with E-state index in [1.165, 1.54) is 32.5 Å². The number of nitrogens with one attached hydrogen (secondary N) is 1. The molecule has 2 unspecified atom stereocenters. The zero-order valence-corrected chi connectivity index (χ0v) is 11.1. The molecule has 90 valence electrons. The summed E-state index contributed by atoms with van der Waals surface area (Å²) in [5.74, 6) is 0.859. The van der Waals surface area contributed by atoms with Crippen molar-refractivity contribution in [2.75, 3.05) is 19.6 Å². The molecule has 1 heterocycles. The van der Waals surface area contributed by atoms with Gasteiger partial charge in [0, 0.05) is 18.1 Å². The summed E-state index contributed by atoms with van der Waals surface area (Å²) in [7, 11) is 0. The fraction of sp³-hybridized carbons (Fsp3) is 1.00. The van der Waals surface area contributed by atoms with Crippen molar-refractivity contribution in [3.63, 3.8) is 0 Å². The van der Waals surface area contributed by atoms with Crippen molar-refractivity contribution in [2.24, 2.45) is 5.92 Å². The standard InChI is InChI=1S/C13H28N2/c1-6-11(2)15-8-7-12(10-15)9-14-13(3,4)5/h11-12,14H,6-10H2,1-5H3. The van der Waals surface area contributed by atoms with Gasteiger partial charge in [-0.1, -0.05) is 6.92 Å². The van der Waals surface area contributed by atoms with Crippen molar-refractivity contribution in [2.45, 2.75) is 59.0 Å². The van der Waals surface area contributed by atoms with Crippen molar-refractivity contribution in [1.29, 1.82) is 0 Å². The first-order chi connectivity index (χ1) is 6.92. The molecular formula is C13H28N2. The van der Waals surface area contributed by atoms with Gasteiger partial charge >= 0.3 is 0 Å². The summed E-state index contributed by atoms with van der Waals surface area (Å²) in [6.45, 7) is 15.1. The van der Waals surface area contributed by atoms with Gasteiger partial charge in [-0.2, -0.15) is 0 Å². The number of nitrogens with zero attached hydrogens (tertiary/aromatic N) is 1. The third kappa shape index (κ3) is 4.52. The molecule has 0 aromatic rings. The molecule has 1 fully saturated rings. The zero-order chi connectivity index (χ0) is 11.5. The van der Waals surface area contributed by atoms with Crippen molar-refractivity contribution in [3.8, 4) is 0 Å². The molecule has 0 spiro atoms. The van der Waals surface area contributed by atoms with E-state index in [0.29, 0.717) is 0 Å². The minimum absolute atomic E-state index is 0.268. The van der Waals surface area contributed by atoms with E-state index in [2.05, 4.69) is 44.8 Å². The number of hydrogen-bond acceptors (Lipinski definition) is 2. The lowest BCUT2D eigenvalue weighted by atomic mass is 10.1. The van der Waals surface area contributed by atoms with Gasteiger partial charge < -0.3 is 10.2 Å². The summed E-state index contributed by atoms with van der Waals surface area (Å²) in [6.07, 6.45) is 2.65. The van der Waals surface area contributed by atoms with Gasteiger partial charge in [0.2, 0.25) is 0 Å². The number of likely N-dealkylation sites (tertiary alicyclic amines) is 1. The van der Waals surface area contributed by atoms with E-state index < -0.39 is 0 Å². The van der Waals surface area contributed by atoms with Crippen LogP contribution in [0.15, 0.2) is 0 Å². The Hall–Kier alpha value is -0.0800. The first-order valence-electron chi connectivity index (χ1n) is 6.41. The second kappa shape index (κ2) is 5.31. The van der Waals surface area contributed by atoms with Crippen molar-refractivity contribution in [3.05, 3.63) is 0 Å². The lowest BCUT2D eigenvalue weighted by molar-refractivity contribution is 0.240. The normalized spacial score (nSPS) is 25.8. The Bertz CT molecular complexity index is 183.